The number of rotatable bonds is 6. The summed E-state index contributed by atoms with van der Waals surface area (Å²) in [7, 11) is 0. The van der Waals surface area contributed by atoms with Gasteiger partial charge in [0.05, 0.1) is 12.3 Å². The monoisotopic (exact) mass is 426 g/mol. The third kappa shape index (κ3) is 4.93. The average molecular weight is 427 g/mol. The van der Waals surface area contributed by atoms with E-state index in [0.717, 1.165) is 33.8 Å². The maximum absolute atomic E-state index is 12.3. The van der Waals surface area contributed by atoms with E-state index < -0.39 is 5.97 Å². The van der Waals surface area contributed by atoms with Gasteiger partial charge in [-0.05, 0) is 45.0 Å². The highest BCUT2D eigenvalue weighted by atomic mass is 32.1. The predicted molar refractivity (Wildman–Crippen MR) is 122 cm³/mol. The Morgan fingerprint density at radius 3 is 2.03 bits per heavy atom. The minimum absolute atomic E-state index is 0.0703. The van der Waals surface area contributed by atoms with E-state index >= 15 is 0 Å². The summed E-state index contributed by atoms with van der Waals surface area (Å²) >= 11 is 6.57. The third-order valence-electron chi connectivity index (χ3n) is 4.18. The molecule has 0 bridgehead atoms. The van der Waals surface area contributed by atoms with Crippen molar-refractivity contribution in [2.24, 2.45) is 0 Å². The molecule has 2 aromatic carbocycles. The quantitative estimate of drug-likeness (QED) is 0.310. The molecular weight excluding hydrogens is 404 g/mol. The minimum atomic E-state index is -0.602. The number of hydrogen-bond donors (Lipinski definition) is 3. The first-order valence-electron chi connectivity index (χ1n) is 9.13. The van der Waals surface area contributed by atoms with Crippen molar-refractivity contribution < 1.29 is 14.6 Å². The van der Waals surface area contributed by atoms with Gasteiger partial charge >= 0.3 is 5.97 Å². The van der Waals surface area contributed by atoms with E-state index in [-0.39, 0.29) is 21.7 Å². The molecule has 0 unspecified atom stereocenters. The van der Waals surface area contributed by atoms with Gasteiger partial charge in [0, 0.05) is 11.4 Å². The van der Waals surface area contributed by atoms with Gasteiger partial charge in [0.25, 0.3) is 0 Å². The van der Waals surface area contributed by atoms with Crippen LogP contribution in [-0.4, -0.2) is 17.7 Å². The van der Waals surface area contributed by atoms with E-state index in [9.17, 15) is 9.90 Å². The molecule has 3 aromatic rings. The van der Waals surface area contributed by atoms with Crippen LogP contribution in [0.5, 0.6) is 5.75 Å². The number of ether oxygens (including phenoxy) is 1. The number of benzene rings is 2. The highest BCUT2D eigenvalue weighted by Gasteiger charge is 2.21. The summed E-state index contributed by atoms with van der Waals surface area (Å²) in [6.45, 7) is 5.95. The van der Waals surface area contributed by atoms with Gasteiger partial charge in [-0.2, -0.15) is 0 Å². The molecule has 0 fully saturated rings. The standard InChI is InChI=1S/C22H22N2O3S2/c1-4-27-22(26)20-18(25)19(28)17(23-15-9-5-13(2)6-10-15)21(29-20)24-16-11-7-14(3)8-12-16/h5-12,23-25H,4H2,1-3H3. The van der Waals surface area contributed by atoms with Crippen molar-refractivity contribution in [3.63, 3.8) is 0 Å². The molecule has 0 saturated carbocycles. The van der Waals surface area contributed by atoms with Crippen LogP contribution in [0.1, 0.15) is 27.7 Å². The van der Waals surface area contributed by atoms with Crippen LogP contribution in [0, 0.1) is 18.4 Å². The number of carbonyl (C=O) groups excluding carboxylic acids is 1. The van der Waals surface area contributed by atoms with Crippen molar-refractivity contribution in [2.75, 3.05) is 17.2 Å². The first kappa shape index (κ1) is 20.8. The maximum Gasteiger partial charge on any atom is 0.352 e. The fourth-order valence-electron chi connectivity index (χ4n) is 2.61. The fourth-order valence-corrected chi connectivity index (χ4v) is 3.97. The molecule has 0 aliphatic heterocycles. The van der Waals surface area contributed by atoms with E-state index in [2.05, 4.69) is 10.6 Å². The Morgan fingerprint density at radius 1 is 1.00 bits per heavy atom. The molecular formula is C22H22N2O3S2. The molecule has 5 nitrogen and oxygen atoms in total. The zero-order valence-electron chi connectivity index (χ0n) is 16.4. The number of hydrogen-bond acceptors (Lipinski definition) is 7. The molecule has 0 atom stereocenters. The first-order chi connectivity index (χ1) is 13.9. The lowest BCUT2D eigenvalue weighted by atomic mass is 10.2. The second-order valence-corrected chi connectivity index (χ2v) is 7.94. The van der Waals surface area contributed by atoms with Crippen molar-refractivity contribution in [1.82, 2.24) is 0 Å². The van der Waals surface area contributed by atoms with Crippen LogP contribution in [0.25, 0.3) is 0 Å². The zero-order valence-corrected chi connectivity index (χ0v) is 18.0. The summed E-state index contributed by atoms with van der Waals surface area (Å²) in [4.78, 5) is 12.4. The molecule has 7 heteroatoms. The largest absolute Gasteiger partial charge is 0.505 e. The predicted octanol–water partition coefficient (Wildman–Crippen LogP) is 6.46. The molecule has 0 spiro atoms. The number of nitrogens with one attached hydrogen (secondary N) is 2. The van der Waals surface area contributed by atoms with Crippen molar-refractivity contribution in [1.29, 1.82) is 0 Å². The topological polar surface area (TPSA) is 70.6 Å². The average Bonchev–Trinajstić information content (AvgIpc) is 2.70. The van der Waals surface area contributed by atoms with E-state index in [1.54, 1.807) is 6.92 Å². The molecule has 0 amide bonds. The van der Waals surface area contributed by atoms with Crippen LogP contribution >= 0.6 is 23.6 Å². The Bertz CT molecular complexity index is 1070. The Labute approximate surface area is 179 Å². The van der Waals surface area contributed by atoms with Gasteiger partial charge in [0.15, 0.2) is 10.6 Å². The van der Waals surface area contributed by atoms with Crippen LogP contribution in [0.2, 0.25) is 0 Å². The van der Waals surface area contributed by atoms with Gasteiger partial charge < -0.3 is 20.5 Å². The van der Waals surface area contributed by atoms with Crippen LogP contribution in [0.15, 0.2) is 48.5 Å². The summed E-state index contributed by atoms with van der Waals surface area (Å²) in [5, 5.41) is 17.8. The molecule has 0 saturated heterocycles. The third-order valence-corrected chi connectivity index (χ3v) is 5.65. The normalized spacial score (nSPS) is 10.4. The molecule has 3 rings (SSSR count). The lowest BCUT2D eigenvalue weighted by molar-refractivity contribution is 0.0529. The number of aryl methyl sites for hydroxylation is 2. The molecule has 29 heavy (non-hydrogen) atoms. The number of anilines is 4. The highest BCUT2D eigenvalue weighted by Crippen LogP contribution is 2.41. The number of aromatic hydroxyl groups is 1. The number of esters is 1. The highest BCUT2D eigenvalue weighted by molar-refractivity contribution is 7.71. The molecule has 150 valence electrons. The first-order valence-corrected chi connectivity index (χ1v) is 10.4. The van der Waals surface area contributed by atoms with E-state index in [1.165, 1.54) is 0 Å². The number of carbonyl (C=O) groups is 1. The summed E-state index contributed by atoms with van der Waals surface area (Å²) < 4.78 is 5.23. The van der Waals surface area contributed by atoms with Gasteiger partial charge in [-0.25, -0.2) is 4.79 Å². The molecule has 0 radical (unpaired) electrons. The fraction of sp³-hybridized carbons (Fsp3) is 0.182. The molecule has 0 aliphatic carbocycles. The Balaban J connectivity index is 2.09. The SMILES string of the molecule is CCOC(=O)c1sc(Nc2ccc(C)cc2)c(Nc2ccc(C)cc2)c(=S)c1O. The van der Waals surface area contributed by atoms with Gasteiger partial charge in [-0.15, -0.1) is 11.3 Å². The van der Waals surface area contributed by atoms with Crippen LogP contribution < -0.4 is 10.6 Å². The van der Waals surface area contributed by atoms with Gasteiger partial charge in [0.1, 0.15) is 9.51 Å². The summed E-state index contributed by atoms with van der Waals surface area (Å²) in [5.41, 5.74) is 4.47. The lowest BCUT2D eigenvalue weighted by Crippen LogP contribution is -2.06. The summed E-state index contributed by atoms with van der Waals surface area (Å²) in [5.74, 6) is -0.859. The Hall–Kier alpha value is -2.90. The van der Waals surface area contributed by atoms with Crippen molar-refractivity contribution in [3.8, 4) is 5.75 Å². The lowest BCUT2D eigenvalue weighted by Gasteiger charge is -2.16. The Morgan fingerprint density at radius 2 is 1.52 bits per heavy atom. The molecule has 0 aliphatic rings. The van der Waals surface area contributed by atoms with Crippen molar-refractivity contribution >= 4 is 51.6 Å². The van der Waals surface area contributed by atoms with Gasteiger partial charge in [-0.1, -0.05) is 47.6 Å². The van der Waals surface area contributed by atoms with E-state index in [0.29, 0.717) is 10.7 Å². The second-order valence-electron chi connectivity index (χ2n) is 6.52. The molecule has 3 N–H and O–H groups in total. The van der Waals surface area contributed by atoms with E-state index in [1.807, 2.05) is 62.4 Å². The molecule has 1 heterocycles. The van der Waals surface area contributed by atoms with Crippen molar-refractivity contribution in [2.45, 2.75) is 20.8 Å². The maximum atomic E-state index is 12.3. The molecule has 1 aromatic heterocycles. The Kier molecular flexibility index (Phi) is 6.51. The van der Waals surface area contributed by atoms with Crippen LogP contribution in [0.4, 0.5) is 22.1 Å². The van der Waals surface area contributed by atoms with Crippen LogP contribution in [0.3, 0.4) is 0 Å². The van der Waals surface area contributed by atoms with Gasteiger partial charge in [-0.3, -0.25) is 0 Å². The van der Waals surface area contributed by atoms with Crippen molar-refractivity contribution in [3.05, 3.63) is 69.0 Å². The zero-order chi connectivity index (χ0) is 21.0. The minimum Gasteiger partial charge on any atom is -0.505 e. The second kappa shape index (κ2) is 9.07. The smallest absolute Gasteiger partial charge is 0.352 e. The van der Waals surface area contributed by atoms with Crippen LogP contribution in [-0.2, 0) is 4.74 Å². The summed E-state index contributed by atoms with van der Waals surface area (Å²) in [6, 6.07) is 15.7. The van der Waals surface area contributed by atoms with Gasteiger partial charge in [0.2, 0.25) is 0 Å². The van der Waals surface area contributed by atoms with E-state index in [4.69, 9.17) is 17.0 Å². The summed E-state index contributed by atoms with van der Waals surface area (Å²) in [6.07, 6.45) is 0.